The average Bonchev–Trinajstić information content (AvgIpc) is 2.27. The predicted molar refractivity (Wildman–Crippen MR) is 62.5 cm³/mol. The normalized spacial score (nSPS) is 15.3. The Morgan fingerprint density at radius 1 is 1.20 bits per heavy atom. The number of likely N-dealkylation sites (N-methyl/N-ethyl adjacent to an activating group) is 1. The van der Waals surface area contributed by atoms with Gasteiger partial charge in [-0.15, -0.1) is 0 Å². The van der Waals surface area contributed by atoms with Gasteiger partial charge < -0.3 is 4.90 Å². The Kier molecular flexibility index (Phi) is 4.28. The van der Waals surface area contributed by atoms with Crippen LogP contribution in [0.2, 0.25) is 0 Å². The zero-order chi connectivity index (χ0) is 11.4. The van der Waals surface area contributed by atoms with Crippen molar-refractivity contribution in [2.45, 2.75) is 33.7 Å². The summed E-state index contributed by atoms with van der Waals surface area (Å²) < 4.78 is 13.4. The van der Waals surface area contributed by atoms with Crippen LogP contribution in [0.4, 0.5) is 4.39 Å². The number of aryl methyl sites for hydroxylation is 1. The Balaban J connectivity index is 0.000000531. The fourth-order valence-electron chi connectivity index (χ4n) is 1.95. The molecule has 0 fully saturated rings. The van der Waals surface area contributed by atoms with Crippen molar-refractivity contribution in [1.29, 1.82) is 0 Å². The monoisotopic (exact) mass is 209 g/mol. The van der Waals surface area contributed by atoms with Gasteiger partial charge in [-0.25, -0.2) is 4.39 Å². The molecule has 0 saturated heterocycles. The van der Waals surface area contributed by atoms with Gasteiger partial charge in [0, 0.05) is 18.7 Å². The summed E-state index contributed by atoms with van der Waals surface area (Å²) in [7, 11) is 2.03. The lowest BCUT2D eigenvalue weighted by atomic mass is 9.95. The molecule has 1 aliphatic heterocycles. The molecule has 0 N–H and O–H groups in total. The van der Waals surface area contributed by atoms with E-state index in [-0.39, 0.29) is 5.82 Å². The summed E-state index contributed by atoms with van der Waals surface area (Å²) >= 11 is 0. The first kappa shape index (κ1) is 12.2. The van der Waals surface area contributed by atoms with Crippen molar-refractivity contribution in [1.82, 2.24) is 4.90 Å². The smallest absolute Gasteiger partial charge is 0.127 e. The first-order valence-electron chi connectivity index (χ1n) is 5.64. The van der Waals surface area contributed by atoms with Gasteiger partial charge in [0.2, 0.25) is 0 Å². The first-order chi connectivity index (χ1) is 7.18. The molecule has 1 aromatic rings. The van der Waals surface area contributed by atoms with Gasteiger partial charge in [0.1, 0.15) is 5.82 Å². The van der Waals surface area contributed by atoms with Gasteiger partial charge in [0.05, 0.1) is 0 Å². The molecule has 0 radical (unpaired) electrons. The summed E-state index contributed by atoms with van der Waals surface area (Å²) in [6.45, 7) is 7.85. The summed E-state index contributed by atoms with van der Waals surface area (Å²) in [6, 6.07) is 3.45. The van der Waals surface area contributed by atoms with E-state index in [1.807, 2.05) is 27.0 Å². The average molecular weight is 209 g/mol. The van der Waals surface area contributed by atoms with E-state index in [2.05, 4.69) is 11.8 Å². The molecular weight excluding hydrogens is 189 g/mol. The number of halogens is 1. The van der Waals surface area contributed by atoms with E-state index in [0.29, 0.717) is 0 Å². The Bertz CT molecular complexity index is 334. The number of hydrogen-bond acceptors (Lipinski definition) is 1. The SMILES string of the molecule is CC.Cc1ccc(F)c2c1CCN(C)C2. The van der Waals surface area contributed by atoms with Crippen LogP contribution in [0.15, 0.2) is 12.1 Å². The molecule has 0 spiro atoms. The van der Waals surface area contributed by atoms with Crippen molar-refractivity contribution < 1.29 is 4.39 Å². The van der Waals surface area contributed by atoms with Gasteiger partial charge in [0.25, 0.3) is 0 Å². The van der Waals surface area contributed by atoms with E-state index >= 15 is 0 Å². The first-order valence-corrected chi connectivity index (χ1v) is 5.64. The number of rotatable bonds is 0. The summed E-state index contributed by atoms with van der Waals surface area (Å²) in [5.74, 6) is -0.0489. The summed E-state index contributed by atoms with van der Waals surface area (Å²) in [5.41, 5.74) is 3.34. The van der Waals surface area contributed by atoms with Crippen molar-refractivity contribution >= 4 is 0 Å². The van der Waals surface area contributed by atoms with Crippen molar-refractivity contribution in [3.8, 4) is 0 Å². The van der Waals surface area contributed by atoms with E-state index in [1.165, 1.54) is 11.1 Å². The van der Waals surface area contributed by atoms with Crippen molar-refractivity contribution in [3.05, 3.63) is 34.6 Å². The Morgan fingerprint density at radius 2 is 1.87 bits per heavy atom. The van der Waals surface area contributed by atoms with Gasteiger partial charge >= 0.3 is 0 Å². The zero-order valence-corrected chi connectivity index (χ0v) is 10.1. The van der Waals surface area contributed by atoms with Crippen molar-refractivity contribution in [2.24, 2.45) is 0 Å². The molecule has 1 heterocycles. The van der Waals surface area contributed by atoms with Crippen molar-refractivity contribution in [3.63, 3.8) is 0 Å². The highest BCUT2D eigenvalue weighted by Crippen LogP contribution is 2.23. The van der Waals surface area contributed by atoms with Crippen LogP contribution in [0.1, 0.15) is 30.5 Å². The van der Waals surface area contributed by atoms with Gasteiger partial charge in [-0.3, -0.25) is 0 Å². The second kappa shape index (κ2) is 5.26. The maximum absolute atomic E-state index is 13.4. The fourth-order valence-corrected chi connectivity index (χ4v) is 1.95. The number of hydrogen-bond donors (Lipinski definition) is 0. The minimum absolute atomic E-state index is 0.0489. The maximum atomic E-state index is 13.4. The van der Waals surface area contributed by atoms with Crippen LogP contribution in [0.5, 0.6) is 0 Å². The molecule has 1 aliphatic rings. The number of benzene rings is 1. The molecule has 0 atom stereocenters. The van der Waals surface area contributed by atoms with Gasteiger partial charge in [-0.1, -0.05) is 19.9 Å². The third-order valence-electron chi connectivity index (χ3n) is 2.78. The molecule has 0 saturated carbocycles. The standard InChI is InChI=1S/C11H14FN.C2H6/c1-8-3-4-11(12)10-7-13(2)6-5-9(8)10;1-2/h3-4H,5-7H2,1-2H3;1-2H3. The van der Waals surface area contributed by atoms with Crippen LogP contribution < -0.4 is 0 Å². The Labute approximate surface area is 91.9 Å². The third-order valence-corrected chi connectivity index (χ3v) is 2.78. The fraction of sp³-hybridized carbons (Fsp3) is 0.538. The molecular formula is C13H20FN. The molecule has 0 amide bonds. The second-order valence-electron chi connectivity index (χ2n) is 3.81. The van der Waals surface area contributed by atoms with Gasteiger partial charge in [0.15, 0.2) is 0 Å². The van der Waals surface area contributed by atoms with Crippen LogP contribution >= 0.6 is 0 Å². The second-order valence-corrected chi connectivity index (χ2v) is 3.81. The molecule has 1 aromatic carbocycles. The van der Waals surface area contributed by atoms with Gasteiger partial charge in [-0.2, -0.15) is 0 Å². The quantitative estimate of drug-likeness (QED) is 0.634. The molecule has 0 unspecified atom stereocenters. The Hall–Kier alpha value is -0.890. The van der Waals surface area contributed by atoms with E-state index in [9.17, 15) is 4.39 Å². The molecule has 0 aromatic heterocycles. The van der Waals surface area contributed by atoms with Crippen LogP contribution in [0.3, 0.4) is 0 Å². The molecule has 1 nitrogen and oxygen atoms in total. The number of nitrogens with zero attached hydrogens (tertiary/aromatic N) is 1. The summed E-state index contributed by atoms with van der Waals surface area (Å²) in [6.07, 6.45) is 0.982. The van der Waals surface area contributed by atoms with E-state index in [0.717, 1.165) is 25.1 Å². The largest absolute Gasteiger partial charge is 0.302 e. The van der Waals surface area contributed by atoms with E-state index in [1.54, 1.807) is 6.07 Å². The summed E-state index contributed by atoms with van der Waals surface area (Å²) in [4.78, 5) is 2.16. The predicted octanol–water partition coefficient (Wildman–Crippen LogP) is 3.15. The number of fused-ring (bicyclic) bond motifs is 1. The Morgan fingerprint density at radius 3 is 2.53 bits per heavy atom. The highest BCUT2D eigenvalue weighted by molar-refractivity contribution is 5.37. The topological polar surface area (TPSA) is 3.24 Å². The minimum Gasteiger partial charge on any atom is -0.302 e. The van der Waals surface area contributed by atoms with E-state index in [4.69, 9.17) is 0 Å². The third kappa shape index (κ3) is 2.57. The van der Waals surface area contributed by atoms with Crippen LogP contribution in [-0.2, 0) is 13.0 Å². The van der Waals surface area contributed by atoms with Crippen LogP contribution in [-0.4, -0.2) is 18.5 Å². The van der Waals surface area contributed by atoms with Gasteiger partial charge in [-0.05, 0) is 37.6 Å². The lowest BCUT2D eigenvalue weighted by molar-refractivity contribution is 0.305. The summed E-state index contributed by atoms with van der Waals surface area (Å²) in [5, 5.41) is 0. The minimum atomic E-state index is -0.0489. The molecule has 0 aliphatic carbocycles. The molecule has 2 heteroatoms. The molecule has 2 rings (SSSR count). The van der Waals surface area contributed by atoms with Crippen LogP contribution in [0, 0.1) is 12.7 Å². The maximum Gasteiger partial charge on any atom is 0.127 e. The molecule has 0 bridgehead atoms. The highest BCUT2D eigenvalue weighted by Gasteiger charge is 2.17. The van der Waals surface area contributed by atoms with E-state index < -0.39 is 0 Å². The zero-order valence-electron chi connectivity index (χ0n) is 10.1. The lowest BCUT2D eigenvalue weighted by Crippen LogP contribution is -2.27. The molecule has 84 valence electrons. The molecule has 15 heavy (non-hydrogen) atoms. The van der Waals surface area contributed by atoms with Crippen molar-refractivity contribution in [2.75, 3.05) is 13.6 Å². The highest BCUT2D eigenvalue weighted by atomic mass is 19.1. The lowest BCUT2D eigenvalue weighted by Gasteiger charge is -2.26. The van der Waals surface area contributed by atoms with Crippen LogP contribution in [0.25, 0.3) is 0 Å².